The first-order valence-electron chi connectivity index (χ1n) is 5.08. The van der Waals surface area contributed by atoms with Crippen molar-refractivity contribution in [1.82, 2.24) is 0 Å². The van der Waals surface area contributed by atoms with Crippen LogP contribution in [0.25, 0.3) is 0 Å². The second-order valence-electron chi connectivity index (χ2n) is 4.52. The van der Waals surface area contributed by atoms with E-state index in [0.717, 1.165) is 12.5 Å². The van der Waals surface area contributed by atoms with Gasteiger partial charge in [0.1, 0.15) is 11.6 Å². The van der Waals surface area contributed by atoms with E-state index in [2.05, 4.69) is 0 Å². The first kappa shape index (κ1) is 12.1. The van der Waals surface area contributed by atoms with Gasteiger partial charge in [0, 0.05) is 12.1 Å². The lowest BCUT2D eigenvalue weighted by atomic mass is 9.79. The van der Waals surface area contributed by atoms with Crippen LogP contribution in [-0.4, -0.2) is 0 Å². The van der Waals surface area contributed by atoms with Crippen LogP contribution >= 0.6 is 0 Å². The molecule has 0 bridgehead atoms. The molecule has 0 heterocycles. The van der Waals surface area contributed by atoms with Crippen LogP contribution in [0.1, 0.15) is 38.8 Å². The first-order chi connectivity index (χ1) is 6.86. The molecule has 0 aliphatic carbocycles. The van der Waals surface area contributed by atoms with E-state index in [1.54, 1.807) is 0 Å². The Hall–Kier alpha value is -0.960. The van der Waals surface area contributed by atoms with Gasteiger partial charge in [0.2, 0.25) is 0 Å². The van der Waals surface area contributed by atoms with Crippen LogP contribution in [0.3, 0.4) is 0 Å². The van der Waals surface area contributed by atoms with E-state index in [0.29, 0.717) is 5.56 Å². The largest absolute Gasteiger partial charge is 0.324 e. The molecule has 3 heteroatoms. The normalized spacial score (nSPS) is 14.0. The van der Waals surface area contributed by atoms with Crippen molar-refractivity contribution in [3.05, 3.63) is 35.4 Å². The molecule has 0 aliphatic heterocycles. The Bertz CT molecular complexity index is 327. The third kappa shape index (κ3) is 2.75. The Morgan fingerprint density at radius 3 is 2.07 bits per heavy atom. The third-order valence-corrected chi connectivity index (χ3v) is 3.00. The summed E-state index contributed by atoms with van der Waals surface area (Å²) in [4.78, 5) is 0. The summed E-state index contributed by atoms with van der Waals surface area (Å²) in [7, 11) is 0. The summed E-state index contributed by atoms with van der Waals surface area (Å²) in [6, 6.07) is 3.10. The Morgan fingerprint density at radius 2 is 1.67 bits per heavy atom. The highest BCUT2D eigenvalue weighted by Crippen LogP contribution is 2.34. The molecule has 0 aliphatic rings. The van der Waals surface area contributed by atoms with Gasteiger partial charge < -0.3 is 5.73 Å². The molecule has 2 N–H and O–H groups in total. The lowest BCUT2D eigenvalue weighted by Crippen LogP contribution is -2.28. The molecule has 1 aromatic carbocycles. The van der Waals surface area contributed by atoms with Crippen molar-refractivity contribution in [2.75, 3.05) is 0 Å². The minimum atomic E-state index is -0.577. The Morgan fingerprint density at radius 1 is 1.20 bits per heavy atom. The molecule has 0 saturated heterocycles. The summed E-state index contributed by atoms with van der Waals surface area (Å²) in [5.41, 5.74) is 6.33. The van der Waals surface area contributed by atoms with Gasteiger partial charge in [-0.05, 0) is 29.5 Å². The fourth-order valence-corrected chi connectivity index (χ4v) is 1.43. The number of rotatable bonds is 3. The second-order valence-corrected chi connectivity index (χ2v) is 4.52. The number of nitrogens with two attached hydrogens (primary N) is 1. The second kappa shape index (κ2) is 4.27. The van der Waals surface area contributed by atoms with Crippen LogP contribution in [0.5, 0.6) is 0 Å². The number of benzene rings is 1. The van der Waals surface area contributed by atoms with E-state index in [1.807, 2.05) is 20.8 Å². The zero-order valence-electron chi connectivity index (χ0n) is 9.35. The van der Waals surface area contributed by atoms with Crippen LogP contribution in [0, 0.1) is 17.0 Å². The fourth-order valence-electron chi connectivity index (χ4n) is 1.43. The highest BCUT2D eigenvalue weighted by molar-refractivity contribution is 5.22. The third-order valence-electron chi connectivity index (χ3n) is 3.00. The quantitative estimate of drug-likeness (QED) is 0.818. The molecule has 1 atom stereocenters. The summed E-state index contributed by atoms with van der Waals surface area (Å²) in [6.07, 6.45) is 0.853. The molecule has 15 heavy (non-hydrogen) atoms. The van der Waals surface area contributed by atoms with Crippen molar-refractivity contribution in [3.63, 3.8) is 0 Å². The van der Waals surface area contributed by atoms with Crippen molar-refractivity contribution in [2.45, 2.75) is 33.2 Å². The molecule has 84 valence electrons. The molecule has 1 unspecified atom stereocenters. The smallest absolute Gasteiger partial charge is 0.126 e. The molecular formula is C12H17F2N. The monoisotopic (exact) mass is 213 g/mol. The van der Waals surface area contributed by atoms with Crippen LogP contribution in [-0.2, 0) is 0 Å². The fraction of sp³-hybridized carbons (Fsp3) is 0.500. The zero-order chi connectivity index (χ0) is 11.6. The van der Waals surface area contributed by atoms with Crippen LogP contribution in [0.2, 0.25) is 0 Å². The molecule has 1 rings (SSSR count). The summed E-state index contributed by atoms with van der Waals surface area (Å²) in [6.45, 7) is 5.98. The van der Waals surface area contributed by atoms with Gasteiger partial charge >= 0.3 is 0 Å². The van der Waals surface area contributed by atoms with Crippen molar-refractivity contribution < 1.29 is 8.78 Å². The minimum Gasteiger partial charge on any atom is -0.324 e. The standard InChI is InChI=1S/C12H17F2N/c1-4-12(2,3)11(15)8-5-9(13)7-10(14)6-8/h5-7,11H,4,15H2,1-3H3. The molecule has 1 nitrogen and oxygen atoms in total. The van der Waals surface area contributed by atoms with Gasteiger partial charge in [-0.15, -0.1) is 0 Å². The van der Waals surface area contributed by atoms with Gasteiger partial charge in [0.05, 0.1) is 0 Å². The van der Waals surface area contributed by atoms with Crippen molar-refractivity contribution in [1.29, 1.82) is 0 Å². The molecule has 0 spiro atoms. The number of halogens is 2. The van der Waals surface area contributed by atoms with Crippen molar-refractivity contribution in [2.24, 2.45) is 11.1 Å². The maximum absolute atomic E-state index is 13.0. The SMILES string of the molecule is CCC(C)(C)C(N)c1cc(F)cc(F)c1. The van der Waals surface area contributed by atoms with Crippen LogP contribution in [0.4, 0.5) is 8.78 Å². The number of hydrogen-bond acceptors (Lipinski definition) is 1. The Kier molecular flexibility index (Phi) is 3.45. The minimum absolute atomic E-state index is 0.166. The van der Waals surface area contributed by atoms with Crippen LogP contribution < -0.4 is 5.73 Å². The molecular weight excluding hydrogens is 196 g/mol. The molecule has 0 radical (unpaired) electrons. The van der Waals surface area contributed by atoms with Crippen molar-refractivity contribution >= 4 is 0 Å². The lowest BCUT2D eigenvalue weighted by Gasteiger charge is -2.30. The maximum Gasteiger partial charge on any atom is 0.126 e. The Labute approximate surface area is 89.3 Å². The predicted octanol–water partition coefficient (Wildman–Crippen LogP) is 3.40. The van der Waals surface area contributed by atoms with Crippen molar-refractivity contribution in [3.8, 4) is 0 Å². The van der Waals surface area contributed by atoms with Gasteiger partial charge in [-0.3, -0.25) is 0 Å². The van der Waals surface area contributed by atoms with E-state index < -0.39 is 11.6 Å². The maximum atomic E-state index is 13.0. The van der Waals surface area contributed by atoms with Gasteiger partial charge in [-0.25, -0.2) is 8.78 Å². The van der Waals surface area contributed by atoms with E-state index >= 15 is 0 Å². The van der Waals surface area contributed by atoms with Gasteiger partial charge in [0.25, 0.3) is 0 Å². The first-order valence-corrected chi connectivity index (χ1v) is 5.08. The van der Waals surface area contributed by atoms with E-state index in [9.17, 15) is 8.78 Å². The zero-order valence-corrected chi connectivity index (χ0v) is 9.35. The highest BCUT2D eigenvalue weighted by atomic mass is 19.1. The lowest BCUT2D eigenvalue weighted by molar-refractivity contribution is 0.277. The van der Waals surface area contributed by atoms with E-state index in [4.69, 9.17) is 5.73 Å². The summed E-state index contributed by atoms with van der Waals surface area (Å²) < 4.78 is 26.0. The van der Waals surface area contributed by atoms with Gasteiger partial charge in [-0.2, -0.15) is 0 Å². The predicted molar refractivity (Wildman–Crippen MR) is 57.4 cm³/mol. The van der Waals surface area contributed by atoms with E-state index in [1.165, 1.54) is 12.1 Å². The van der Waals surface area contributed by atoms with Gasteiger partial charge in [-0.1, -0.05) is 20.8 Å². The average Bonchev–Trinajstić information content (AvgIpc) is 2.15. The molecule has 1 aromatic rings. The molecule has 0 fully saturated rings. The number of hydrogen-bond donors (Lipinski definition) is 1. The molecule has 0 aromatic heterocycles. The summed E-state index contributed by atoms with van der Waals surface area (Å²) in [5, 5.41) is 0. The Balaban J connectivity index is 3.06. The summed E-state index contributed by atoms with van der Waals surface area (Å²) >= 11 is 0. The molecule has 0 saturated carbocycles. The van der Waals surface area contributed by atoms with Gasteiger partial charge in [0.15, 0.2) is 0 Å². The highest BCUT2D eigenvalue weighted by Gasteiger charge is 2.26. The molecule has 0 amide bonds. The van der Waals surface area contributed by atoms with Crippen LogP contribution in [0.15, 0.2) is 18.2 Å². The summed E-state index contributed by atoms with van der Waals surface area (Å²) in [5.74, 6) is -1.15. The topological polar surface area (TPSA) is 26.0 Å². The van der Waals surface area contributed by atoms with E-state index in [-0.39, 0.29) is 11.5 Å². The average molecular weight is 213 g/mol.